The minimum absolute atomic E-state index is 0.899. The molecule has 0 amide bonds. The molecular formula is C21H15N4+. The van der Waals surface area contributed by atoms with Gasteiger partial charge in [-0.15, -0.1) is 0 Å². The normalized spacial score (nSPS) is 12.6. The van der Waals surface area contributed by atoms with E-state index in [0.29, 0.717) is 0 Å². The third kappa shape index (κ3) is 1.61. The van der Waals surface area contributed by atoms with Crippen LogP contribution in [0.2, 0.25) is 0 Å². The second-order valence-corrected chi connectivity index (χ2v) is 6.47. The van der Waals surface area contributed by atoms with Crippen LogP contribution in [0.15, 0.2) is 79.4 Å². The summed E-state index contributed by atoms with van der Waals surface area (Å²) in [5.41, 5.74) is 7.45. The Morgan fingerprint density at radius 3 is 2.68 bits per heavy atom. The molecule has 4 heteroatoms. The summed E-state index contributed by atoms with van der Waals surface area (Å²) in [6, 6.07) is 19.3. The van der Waals surface area contributed by atoms with E-state index in [4.69, 9.17) is 0 Å². The molecule has 0 saturated carbocycles. The summed E-state index contributed by atoms with van der Waals surface area (Å²) in [4.78, 5) is 4.35. The zero-order valence-corrected chi connectivity index (χ0v) is 13.5. The number of imidazole rings is 1. The van der Waals surface area contributed by atoms with Gasteiger partial charge in [0.1, 0.15) is 17.7 Å². The SMILES string of the molecule is c1ccc(-n2c3[n+](c4c2cn2ccncc42)Cc2ccccc2-3)cc1. The minimum atomic E-state index is 0.899. The molecule has 2 aromatic carbocycles. The Morgan fingerprint density at radius 1 is 0.920 bits per heavy atom. The van der Waals surface area contributed by atoms with Crippen LogP contribution in [0.4, 0.5) is 0 Å². The quantitative estimate of drug-likeness (QED) is 0.425. The first-order valence-corrected chi connectivity index (χ1v) is 8.44. The molecule has 3 aromatic heterocycles. The van der Waals surface area contributed by atoms with Gasteiger partial charge in [0.05, 0.1) is 18.0 Å². The molecule has 118 valence electrons. The van der Waals surface area contributed by atoms with Gasteiger partial charge in [-0.3, -0.25) is 4.98 Å². The molecule has 0 unspecified atom stereocenters. The van der Waals surface area contributed by atoms with Crippen LogP contribution in [-0.4, -0.2) is 14.0 Å². The highest BCUT2D eigenvalue weighted by Crippen LogP contribution is 2.35. The van der Waals surface area contributed by atoms with Crippen LogP contribution in [0, 0.1) is 0 Å². The van der Waals surface area contributed by atoms with Crippen molar-refractivity contribution in [2.45, 2.75) is 6.54 Å². The van der Waals surface area contributed by atoms with Gasteiger partial charge in [-0.05, 0) is 18.2 Å². The predicted molar refractivity (Wildman–Crippen MR) is 96.8 cm³/mol. The monoisotopic (exact) mass is 323 g/mol. The molecule has 1 aliphatic heterocycles. The standard InChI is InChI=1S/C21H15N4/c1-2-7-16(8-3-1)25-19-14-23-11-10-22-12-18(23)20(19)24-13-15-6-4-5-9-17(15)21(24)25/h1-12,14H,13H2/q+1. The Hall–Kier alpha value is -3.40. The second kappa shape index (κ2) is 4.57. The number of nitrogens with zero attached hydrogens (tertiary/aromatic N) is 4. The third-order valence-corrected chi connectivity index (χ3v) is 5.11. The molecule has 5 aromatic rings. The van der Waals surface area contributed by atoms with E-state index in [0.717, 1.165) is 12.1 Å². The molecule has 0 saturated heterocycles. The molecule has 0 N–H and O–H groups in total. The van der Waals surface area contributed by atoms with Crippen molar-refractivity contribution in [2.24, 2.45) is 0 Å². The van der Waals surface area contributed by atoms with Gasteiger partial charge in [0.15, 0.2) is 5.52 Å². The van der Waals surface area contributed by atoms with Crippen LogP contribution in [0.1, 0.15) is 5.56 Å². The van der Waals surface area contributed by atoms with Gasteiger partial charge in [-0.1, -0.05) is 36.4 Å². The van der Waals surface area contributed by atoms with Gasteiger partial charge >= 0.3 is 0 Å². The van der Waals surface area contributed by atoms with Gasteiger partial charge in [0.25, 0.3) is 5.82 Å². The first-order valence-electron chi connectivity index (χ1n) is 8.44. The lowest BCUT2D eigenvalue weighted by Crippen LogP contribution is -2.31. The molecular weight excluding hydrogens is 308 g/mol. The molecule has 4 heterocycles. The molecule has 0 fully saturated rings. The molecule has 4 nitrogen and oxygen atoms in total. The number of hydrogen-bond donors (Lipinski definition) is 0. The van der Waals surface area contributed by atoms with Crippen LogP contribution in [0.25, 0.3) is 33.6 Å². The second-order valence-electron chi connectivity index (χ2n) is 6.47. The molecule has 1 aliphatic rings. The number of benzene rings is 2. The molecule has 0 aliphatic carbocycles. The largest absolute Gasteiger partial charge is 0.313 e. The predicted octanol–water partition coefficient (Wildman–Crippen LogP) is 3.59. The maximum Gasteiger partial charge on any atom is 0.295 e. The number of fused-ring (bicyclic) bond motifs is 7. The average Bonchev–Trinajstić information content (AvgIpc) is 3.29. The van der Waals surface area contributed by atoms with Gasteiger partial charge in [-0.25, -0.2) is 4.57 Å². The van der Waals surface area contributed by atoms with E-state index < -0.39 is 0 Å². The summed E-state index contributed by atoms with van der Waals surface area (Å²) < 4.78 is 6.95. The van der Waals surface area contributed by atoms with Crippen LogP contribution in [0.5, 0.6) is 0 Å². The van der Waals surface area contributed by atoms with Crippen molar-refractivity contribution < 1.29 is 4.57 Å². The summed E-state index contributed by atoms with van der Waals surface area (Å²) >= 11 is 0. The van der Waals surface area contributed by atoms with Crippen molar-refractivity contribution in [1.82, 2.24) is 14.0 Å². The highest BCUT2D eigenvalue weighted by Gasteiger charge is 2.36. The molecule has 6 rings (SSSR count). The lowest BCUT2D eigenvalue weighted by molar-refractivity contribution is -0.645. The fraction of sp³-hybridized carbons (Fsp3) is 0.0476. The zero-order valence-electron chi connectivity index (χ0n) is 13.5. The molecule has 0 bridgehead atoms. The number of hydrogen-bond acceptors (Lipinski definition) is 1. The Labute approximate surface area is 144 Å². The first-order chi connectivity index (χ1) is 12.4. The lowest BCUT2D eigenvalue weighted by atomic mass is 10.1. The van der Waals surface area contributed by atoms with E-state index in [9.17, 15) is 0 Å². The van der Waals surface area contributed by atoms with Gasteiger partial charge in [0.2, 0.25) is 5.52 Å². The molecule has 0 spiro atoms. The highest BCUT2D eigenvalue weighted by molar-refractivity contribution is 5.92. The van der Waals surface area contributed by atoms with Crippen molar-refractivity contribution in [3.8, 4) is 17.1 Å². The fourth-order valence-corrected chi connectivity index (χ4v) is 4.08. The Kier molecular flexibility index (Phi) is 2.37. The Bertz CT molecular complexity index is 1260. The summed E-state index contributed by atoms with van der Waals surface area (Å²) in [7, 11) is 0. The number of aromatic nitrogens is 4. The molecule has 0 radical (unpaired) electrons. The van der Waals surface area contributed by atoms with E-state index in [1.807, 2.05) is 18.6 Å². The van der Waals surface area contributed by atoms with Crippen LogP contribution >= 0.6 is 0 Å². The lowest BCUT2D eigenvalue weighted by Gasteiger charge is -2.01. The topological polar surface area (TPSA) is 26.1 Å². The molecule has 0 atom stereocenters. The van der Waals surface area contributed by atoms with Crippen LogP contribution in [-0.2, 0) is 6.54 Å². The van der Waals surface area contributed by atoms with E-state index in [2.05, 4.69) is 79.3 Å². The first kappa shape index (κ1) is 13.0. The van der Waals surface area contributed by atoms with Gasteiger partial charge in [-0.2, -0.15) is 4.57 Å². The minimum Gasteiger partial charge on any atom is -0.313 e. The average molecular weight is 323 g/mol. The van der Waals surface area contributed by atoms with Crippen molar-refractivity contribution in [3.05, 3.63) is 84.9 Å². The number of rotatable bonds is 1. The van der Waals surface area contributed by atoms with Crippen molar-refractivity contribution in [3.63, 3.8) is 0 Å². The third-order valence-electron chi connectivity index (χ3n) is 5.11. The van der Waals surface area contributed by atoms with Gasteiger partial charge in [0, 0.05) is 18.0 Å². The Balaban J connectivity index is 1.83. The summed E-state index contributed by atoms with van der Waals surface area (Å²) in [6.07, 6.45) is 8.00. The van der Waals surface area contributed by atoms with Crippen molar-refractivity contribution in [2.75, 3.05) is 0 Å². The maximum absolute atomic E-state index is 4.35. The van der Waals surface area contributed by atoms with Gasteiger partial charge < -0.3 is 4.40 Å². The summed E-state index contributed by atoms with van der Waals surface area (Å²) in [6.45, 7) is 0.899. The van der Waals surface area contributed by atoms with E-state index in [-0.39, 0.29) is 0 Å². The van der Waals surface area contributed by atoms with Crippen molar-refractivity contribution >= 4 is 16.6 Å². The van der Waals surface area contributed by atoms with E-state index in [1.54, 1.807) is 0 Å². The maximum atomic E-state index is 4.35. The van der Waals surface area contributed by atoms with Crippen molar-refractivity contribution in [1.29, 1.82) is 0 Å². The highest BCUT2D eigenvalue weighted by atomic mass is 15.2. The molecule has 25 heavy (non-hydrogen) atoms. The van der Waals surface area contributed by atoms with E-state index in [1.165, 1.54) is 33.7 Å². The number of para-hydroxylation sites is 1. The summed E-state index contributed by atoms with van der Waals surface area (Å²) in [5.74, 6) is 1.25. The smallest absolute Gasteiger partial charge is 0.295 e. The van der Waals surface area contributed by atoms with E-state index >= 15 is 0 Å². The zero-order chi connectivity index (χ0) is 16.4. The fourth-order valence-electron chi connectivity index (χ4n) is 4.08. The van der Waals surface area contributed by atoms with Crippen LogP contribution in [0.3, 0.4) is 0 Å². The van der Waals surface area contributed by atoms with Crippen LogP contribution < -0.4 is 4.57 Å². The summed E-state index contributed by atoms with van der Waals surface area (Å²) in [5, 5.41) is 0. The Morgan fingerprint density at radius 2 is 1.76 bits per heavy atom.